The molecule has 0 aliphatic carbocycles. The van der Waals surface area contributed by atoms with Crippen LogP contribution in [-0.2, 0) is 0 Å². The predicted molar refractivity (Wildman–Crippen MR) is 175 cm³/mol. The Morgan fingerprint density at radius 2 is 1.05 bits per heavy atom. The molecule has 0 aliphatic heterocycles. The molecule has 1 aromatic heterocycles. The summed E-state index contributed by atoms with van der Waals surface area (Å²) in [6, 6.07) is 52.5. The fourth-order valence-electron chi connectivity index (χ4n) is 6.83. The largest absolute Gasteiger partial charge is 0.455 e. The minimum absolute atomic E-state index is 0.914. The molecular weight excluding hydrogens is 496 g/mol. The Hall–Kier alpha value is -5.40. The number of hydrogen-bond donors (Lipinski definition) is 0. The fourth-order valence-corrected chi connectivity index (χ4v) is 6.83. The summed E-state index contributed by atoms with van der Waals surface area (Å²) >= 11 is 0. The van der Waals surface area contributed by atoms with Crippen molar-refractivity contribution in [3.05, 3.63) is 146 Å². The number of rotatable bonds is 2. The van der Waals surface area contributed by atoms with E-state index in [1.54, 1.807) is 0 Å². The van der Waals surface area contributed by atoms with Crippen molar-refractivity contribution in [1.29, 1.82) is 0 Å². The molecule has 190 valence electrons. The minimum atomic E-state index is 0.914. The number of furan rings is 1. The lowest BCUT2D eigenvalue weighted by Crippen LogP contribution is -1.88. The van der Waals surface area contributed by atoms with E-state index in [4.69, 9.17) is 4.42 Å². The van der Waals surface area contributed by atoms with E-state index in [1.165, 1.54) is 65.3 Å². The first kappa shape index (κ1) is 22.4. The third kappa shape index (κ3) is 3.24. The molecule has 41 heavy (non-hydrogen) atoms. The van der Waals surface area contributed by atoms with E-state index in [0.29, 0.717) is 0 Å². The third-order valence-corrected chi connectivity index (χ3v) is 8.64. The second-order valence-corrected chi connectivity index (χ2v) is 10.8. The number of hydrogen-bond acceptors (Lipinski definition) is 1. The molecule has 1 heterocycles. The Balaban J connectivity index is 1.41. The molecule has 0 N–H and O–H groups in total. The van der Waals surface area contributed by atoms with E-state index in [2.05, 4.69) is 146 Å². The Bertz CT molecular complexity index is 2460. The fraction of sp³-hybridized carbons (Fsp3) is 0. The molecule has 0 amide bonds. The topological polar surface area (TPSA) is 13.1 Å². The molecule has 0 radical (unpaired) electrons. The molecule has 0 aliphatic rings. The molecule has 0 spiro atoms. The first-order chi connectivity index (χ1) is 20.3. The quantitative estimate of drug-likeness (QED) is 0.163. The van der Waals surface area contributed by atoms with Gasteiger partial charge < -0.3 is 4.42 Å². The van der Waals surface area contributed by atoms with Crippen LogP contribution in [0.5, 0.6) is 0 Å². The summed E-state index contributed by atoms with van der Waals surface area (Å²) in [6.07, 6.45) is 0. The standard InChI is InChI=1S/C40H24O/c1-2-10-25(11-3-1)28-16-8-17-33-31(28)22-23-35-39-34(18-9-19-37(39)41-40(33)35)38-30-15-7-5-13-27(30)24-36-29-14-6-4-12-26(29)20-21-32(36)38/h1-24H. The lowest BCUT2D eigenvalue weighted by molar-refractivity contribution is 0.673. The Morgan fingerprint density at radius 3 is 1.95 bits per heavy atom. The van der Waals surface area contributed by atoms with Crippen LogP contribution in [0.3, 0.4) is 0 Å². The zero-order valence-electron chi connectivity index (χ0n) is 22.3. The lowest BCUT2D eigenvalue weighted by Gasteiger charge is -2.15. The van der Waals surface area contributed by atoms with Crippen molar-refractivity contribution in [1.82, 2.24) is 0 Å². The van der Waals surface area contributed by atoms with Crippen LogP contribution in [0.25, 0.3) is 87.3 Å². The van der Waals surface area contributed by atoms with Gasteiger partial charge in [-0.15, -0.1) is 0 Å². The third-order valence-electron chi connectivity index (χ3n) is 8.64. The first-order valence-electron chi connectivity index (χ1n) is 14.1. The van der Waals surface area contributed by atoms with Gasteiger partial charge in [0.05, 0.1) is 0 Å². The lowest BCUT2D eigenvalue weighted by atomic mass is 9.88. The van der Waals surface area contributed by atoms with Gasteiger partial charge >= 0.3 is 0 Å². The highest BCUT2D eigenvalue weighted by atomic mass is 16.3. The summed E-state index contributed by atoms with van der Waals surface area (Å²) < 4.78 is 6.71. The molecule has 0 saturated heterocycles. The van der Waals surface area contributed by atoms with Crippen molar-refractivity contribution in [2.75, 3.05) is 0 Å². The van der Waals surface area contributed by atoms with Crippen molar-refractivity contribution < 1.29 is 4.42 Å². The number of fused-ring (bicyclic) bond motifs is 9. The SMILES string of the molecule is c1ccc(-c2cccc3c2ccc2c3oc3cccc(-c4c5ccccc5cc5c4ccc4ccccc45)c32)cc1. The first-order valence-corrected chi connectivity index (χ1v) is 14.1. The van der Waals surface area contributed by atoms with Gasteiger partial charge in [-0.2, -0.15) is 0 Å². The van der Waals surface area contributed by atoms with Crippen LogP contribution < -0.4 is 0 Å². The summed E-state index contributed by atoms with van der Waals surface area (Å²) in [7, 11) is 0. The molecule has 0 atom stereocenters. The second kappa shape index (κ2) is 8.55. The maximum Gasteiger partial charge on any atom is 0.143 e. The van der Waals surface area contributed by atoms with Crippen molar-refractivity contribution in [3.8, 4) is 22.3 Å². The summed E-state index contributed by atoms with van der Waals surface area (Å²) in [4.78, 5) is 0. The molecule has 0 saturated carbocycles. The van der Waals surface area contributed by atoms with Crippen LogP contribution in [-0.4, -0.2) is 0 Å². The molecule has 0 unspecified atom stereocenters. The van der Waals surface area contributed by atoms with Crippen LogP contribution in [0, 0.1) is 0 Å². The van der Waals surface area contributed by atoms with E-state index in [9.17, 15) is 0 Å². The molecule has 9 rings (SSSR count). The van der Waals surface area contributed by atoms with E-state index >= 15 is 0 Å². The highest BCUT2D eigenvalue weighted by Crippen LogP contribution is 2.45. The minimum Gasteiger partial charge on any atom is -0.455 e. The molecular formula is C40H24O. The van der Waals surface area contributed by atoms with Gasteiger partial charge in [0.15, 0.2) is 0 Å². The van der Waals surface area contributed by atoms with Crippen molar-refractivity contribution in [3.63, 3.8) is 0 Å². The van der Waals surface area contributed by atoms with Gasteiger partial charge in [-0.1, -0.05) is 127 Å². The van der Waals surface area contributed by atoms with Gasteiger partial charge in [-0.05, 0) is 78.2 Å². The van der Waals surface area contributed by atoms with Crippen molar-refractivity contribution in [2.24, 2.45) is 0 Å². The molecule has 0 bridgehead atoms. The maximum atomic E-state index is 6.71. The Morgan fingerprint density at radius 1 is 0.366 bits per heavy atom. The highest BCUT2D eigenvalue weighted by molar-refractivity contribution is 6.26. The molecule has 1 nitrogen and oxygen atoms in total. The van der Waals surface area contributed by atoms with Gasteiger partial charge in [-0.3, -0.25) is 0 Å². The van der Waals surface area contributed by atoms with Gasteiger partial charge in [-0.25, -0.2) is 0 Å². The van der Waals surface area contributed by atoms with Crippen LogP contribution in [0.2, 0.25) is 0 Å². The predicted octanol–water partition coefficient (Wildman–Crippen LogP) is 11.5. The smallest absolute Gasteiger partial charge is 0.143 e. The summed E-state index contributed by atoms with van der Waals surface area (Å²) in [5.74, 6) is 0. The van der Waals surface area contributed by atoms with Crippen LogP contribution in [0.4, 0.5) is 0 Å². The number of benzene rings is 8. The van der Waals surface area contributed by atoms with E-state index < -0.39 is 0 Å². The van der Waals surface area contributed by atoms with E-state index in [1.807, 2.05) is 0 Å². The summed E-state index contributed by atoms with van der Waals surface area (Å²) in [5, 5.41) is 12.2. The Labute approximate surface area is 236 Å². The van der Waals surface area contributed by atoms with Crippen molar-refractivity contribution >= 4 is 65.0 Å². The van der Waals surface area contributed by atoms with Gasteiger partial charge in [0, 0.05) is 16.2 Å². The second-order valence-electron chi connectivity index (χ2n) is 10.8. The molecule has 1 heteroatoms. The van der Waals surface area contributed by atoms with Gasteiger partial charge in [0.25, 0.3) is 0 Å². The van der Waals surface area contributed by atoms with Crippen LogP contribution >= 0.6 is 0 Å². The van der Waals surface area contributed by atoms with Crippen LogP contribution in [0.15, 0.2) is 150 Å². The highest BCUT2D eigenvalue weighted by Gasteiger charge is 2.19. The molecule has 8 aromatic carbocycles. The maximum absolute atomic E-state index is 6.71. The Kier molecular flexibility index (Phi) is 4.67. The monoisotopic (exact) mass is 520 g/mol. The molecule has 9 aromatic rings. The normalized spacial score (nSPS) is 11.9. The molecule has 0 fully saturated rings. The van der Waals surface area contributed by atoms with E-state index in [0.717, 1.165) is 21.9 Å². The average Bonchev–Trinajstić information content (AvgIpc) is 3.43. The zero-order chi connectivity index (χ0) is 26.9. The van der Waals surface area contributed by atoms with E-state index in [-0.39, 0.29) is 0 Å². The van der Waals surface area contributed by atoms with Gasteiger partial charge in [0.1, 0.15) is 11.2 Å². The zero-order valence-corrected chi connectivity index (χ0v) is 22.3. The van der Waals surface area contributed by atoms with Crippen LogP contribution in [0.1, 0.15) is 0 Å². The average molecular weight is 521 g/mol. The summed E-state index contributed by atoms with van der Waals surface area (Å²) in [5.41, 5.74) is 6.75. The summed E-state index contributed by atoms with van der Waals surface area (Å²) in [6.45, 7) is 0. The van der Waals surface area contributed by atoms with Gasteiger partial charge in [0.2, 0.25) is 0 Å². The van der Waals surface area contributed by atoms with Crippen molar-refractivity contribution in [2.45, 2.75) is 0 Å².